The predicted molar refractivity (Wildman–Crippen MR) is 71.3 cm³/mol. The van der Waals surface area contributed by atoms with E-state index < -0.39 is 38.5 Å². The quantitative estimate of drug-likeness (QED) is 0.674. The van der Waals surface area contributed by atoms with E-state index in [1.807, 2.05) is 0 Å². The molecule has 1 aliphatic heterocycles. The Labute approximate surface area is 121 Å². The van der Waals surface area contributed by atoms with Crippen LogP contribution in [-0.2, 0) is 14.8 Å². The van der Waals surface area contributed by atoms with Crippen LogP contribution < -0.4 is 5.32 Å². The molecule has 1 aromatic heterocycles. The van der Waals surface area contributed by atoms with E-state index in [2.05, 4.69) is 15.5 Å². The molecule has 0 radical (unpaired) electrons. The van der Waals surface area contributed by atoms with E-state index in [-0.39, 0.29) is 25.2 Å². The molecular formula is C11H16N4O5S. The maximum Gasteiger partial charge on any atom is 0.340 e. The zero-order valence-corrected chi connectivity index (χ0v) is 12.4. The number of carboxylic acid groups (broad SMARTS) is 1. The number of aromatic carboxylic acids is 1. The van der Waals surface area contributed by atoms with Crippen LogP contribution in [0.4, 0.5) is 0 Å². The van der Waals surface area contributed by atoms with Crippen molar-refractivity contribution in [1.82, 2.24) is 19.8 Å². The molecule has 1 atom stereocenters. The number of nitrogens with one attached hydrogen (secondary N) is 2. The number of hydrogen-bond acceptors (Lipinski definition) is 5. The van der Waals surface area contributed by atoms with Gasteiger partial charge in [0.25, 0.3) is 10.0 Å². The topological polar surface area (TPSA) is 132 Å². The minimum atomic E-state index is -4.16. The van der Waals surface area contributed by atoms with Crippen molar-refractivity contribution >= 4 is 21.9 Å². The molecule has 1 fully saturated rings. The second-order valence-electron chi connectivity index (χ2n) is 4.66. The first kappa shape index (κ1) is 15.4. The molecule has 0 bridgehead atoms. The number of aromatic amines is 1. The Morgan fingerprint density at radius 1 is 1.52 bits per heavy atom. The van der Waals surface area contributed by atoms with Gasteiger partial charge in [0.15, 0.2) is 0 Å². The van der Waals surface area contributed by atoms with Gasteiger partial charge in [0.2, 0.25) is 10.9 Å². The van der Waals surface area contributed by atoms with Crippen molar-refractivity contribution in [2.24, 2.45) is 0 Å². The Kier molecular flexibility index (Phi) is 4.01. The number of carbonyl (C=O) groups is 2. The molecule has 2 heterocycles. The first-order chi connectivity index (χ1) is 9.80. The number of aryl methyl sites for hydroxylation is 1. The molecule has 2 rings (SSSR count). The highest BCUT2D eigenvalue weighted by Crippen LogP contribution is 2.24. The molecule has 1 amide bonds. The van der Waals surface area contributed by atoms with Crippen LogP contribution in [-0.4, -0.2) is 59.0 Å². The van der Waals surface area contributed by atoms with Crippen molar-refractivity contribution in [1.29, 1.82) is 0 Å². The number of carboxylic acids is 1. The molecule has 1 unspecified atom stereocenters. The summed E-state index contributed by atoms with van der Waals surface area (Å²) < 4.78 is 26.3. The third kappa shape index (κ3) is 2.51. The smallest absolute Gasteiger partial charge is 0.340 e. The molecule has 116 valence electrons. The second kappa shape index (κ2) is 5.45. The summed E-state index contributed by atoms with van der Waals surface area (Å²) in [5.74, 6) is -1.77. The normalized spacial score (nSPS) is 20.3. The first-order valence-corrected chi connectivity index (χ1v) is 7.82. The van der Waals surface area contributed by atoms with E-state index in [1.54, 1.807) is 6.92 Å². The fourth-order valence-corrected chi connectivity index (χ4v) is 4.12. The highest BCUT2D eigenvalue weighted by atomic mass is 32.2. The van der Waals surface area contributed by atoms with E-state index in [4.69, 9.17) is 5.11 Å². The average Bonchev–Trinajstić information content (AvgIpc) is 2.81. The van der Waals surface area contributed by atoms with Gasteiger partial charge in [-0.05, 0) is 13.3 Å². The van der Waals surface area contributed by atoms with Crippen molar-refractivity contribution in [3.05, 3.63) is 11.3 Å². The largest absolute Gasteiger partial charge is 0.478 e. The van der Waals surface area contributed by atoms with Gasteiger partial charge in [-0.2, -0.15) is 9.40 Å². The summed E-state index contributed by atoms with van der Waals surface area (Å²) in [5, 5.41) is 17.2. The highest BCUT2D eigenvalue weighted by Gasteiger charge is 2.41. The summed E-state index contributed by atoms with van der Waals surface area (Å²) in [5.41, 5.74) is -0.244. The van der Waals surface area contributed by atoms with Crippen LogP contribution in [0.1, 0.15) is 29.4 Å². The lowest BCUT2D eigenvalue weighted by Crippen LogP contribution is -2.56. The zero-order chi connectivity index (χ0) is 15.8. The Balaban J connectivity index is 2.51. The molecular weight excluding hydrogens is 300 g/mol. The molecule has 0 saturated carbocycles. The lowest BCUT2D eigenvalue weighted by molar-refractivity contribution is -0.126. The van der Waals surface area contributed by atoms with Crippen LogP contribution in [0.25, 0.3) is 0 Å². The van der Waals surface area contributed by atoms with Crippen molar-refractivity contribution in [2.45, 2.75) is 31.3 Å². The van der Waals surface area contributed by atoms with Crippen molar-refractivity contribution < 1.29 is 23.1 Å². The van der Waals surface area contributed by atoms with E-state index in [0.29, 0.717) is 0 Å². The molecule has 9 nitrogen and oxygen atoms in total. The molecule has 0 aromatic carbocycles. The van der Waals surface area contributed by atoms with E-state index in [9.17, 15) is 18.0 Å². The average molecular weight is 316 g/mol. The maximum absolute atomic E-state index is 12.6. The van der Waals surface area contributed by atoms with Gasteiger partial charge in [-0.1, -0.05) is 6.92 Å². The van der Waals surface area contributed by atoms with Crippen molar-refractivity contribution in [3.8, 4) is 0 Å². The van der Waals surface area contributed by atoms with Crippen LogP contribution in [0.3, 0.4) is 0 Å². The predicted octanol–water partition coefficient (Wildman–Crippen LogP) is -0.685. The van der Waals surface area contributed by atoms with Gasteiger partial charge in [0, 0.05) is 18.8 Å². The van der Waals surface area contributed by atoms with Gasteiger partial charge >= 0.3 is 5.97 Å². The Hall–Kier alpha value is -1.94. The van der Waals surface area contributed by atoms with Gasteiger partial charge in [-0.3, -0.25) is 9.89 Å². The summed E-state index contributed by atoms with van der Waals surface area (Å²) in [6.07, 6.45) is 0.289. The first-order valence-electron chi connectivity index (χ1n) is 6.38. The molecule has 1 aliphatic rings. The van der Waals surface area contributed by atoms with Crippen LogP contribution >= 0.6 is 0 Å². The summed E-state index contributed by atoms with van der Waals surface area (Å²) in [6.45, 7) is 3.37. The fourth-order valence-electron chi connectivity index (χ4n) is 2.33. The summed E-state index contributed by atoms with van der Waals surface area (Å²) >= 11 is 0. The molecule has 1 saturated heterocycles. The summed E-state index contributed by atoms with van der Waals surface area (Å²) in [4.78, 5) is 23.0. The van der Waals surface area contributed by atoms with E-state index in [0.717, 1.165) is 4.31 Å². The van der Waals surface area contributed by atoms with Crippen molar-refractivity contribution in [2.75, 3.05) is 13.1 Å². The number of carbonyl (C=O) groups excluding carboxylic acids is 1. The van der Waals surface area contributed by atoms with Crippen LogP contribution in [0, 0.1) is 6.92 Å². The van der Waals surface area contributed by atoms with Gasteiger partial charge in [0.1, 0.15) is 11.6 Å². The highest BCUT2D eigenvalue weighted by molar-refractivity contribution is 7.89. The minimum absolute atomic E-state index is 0.0809. The number of piperazine rings is 1. The lowest BCUT2D eigenvalue weighted by Gasteiger charge is -2.32. The summed E-state index contributed by atoms with van der Waals surface area (Å²) in [7, 11) is -4.16. The van der Waals surface area contributed by atoms with Gasteiger partial charge in [-0.25, -0.2) is 13.2 Å². The summed E-state index contributed by atoms with van der Waals surface area (Å²) in [6, 6.07) is -0.859. The number of amides is 1. The standard InChI is InChI=1S/C11H16N4O5S/c1-3-7-9(16)12-4-5-15(7)21(19,20)10-8(11(17)18)6(2)13-14-10/h7H,3-5H2,1-2H3,(H,12,16)(H,13,14)(H,17,18). The number of hydrogen-bond donors (Lipinski definition) is 3. The minimum Gasteiger partial charge on any atom is -0.478 e. The van der Waals surface area contributed by atoms with E-state index >= 15 is 0 Å². The number of H-pyrrole nitrogens is 1. The van der Waals surface area contributed by atoms with Crippen LogP contribution in [0.15, 0.2) is 5.03 Å². The Morgan fingerprint density at radius 3 is 2.76 bits per heavy atom. The monoisotopic (exact) mass is 316 g/mol. The van der Waals surface area contributed by atoms with Gasteiger partial charge in [-0.15, -0.1) is 0 Å². The molecule has 0 spiro atoms. The molecule has 10 heteroatoms. The third-order valence-electron chi connectivity index (χ3n) is 3.35. The van der Waals surface area contributed by atoms with Gasteiger partial charge < -0.3 is 10.4 Å². The van der Waals surface area contributed by atoms with E-state index in [1.165, 1.54) is 6.92 Å². The zero-order valence-electron chi connectivity index (χ0n) is 11.6. The third-order valence-corrected chi connectivity index (χ3v) is 5.19. The molecule has 1 aromatic rings. The molecule has 0 aliphatic carbocycles. The Morgan fingerprint density at radius 2 is 2.19 bits per heavy atom. The van der Waals surface area contributed by atoms with Gasteiger partial charge in [0.05, 0.1) is 0 Å². The number of rotatable bonds is 4. The van der Waals surface area contributed by atoms with Crippen LogP contribution in [0.2, 0.25) is 0 Å². The number of aromatic nitrogens is 2. The second-order valence-corrected chi connectivity index (χ2v) is 6.47. The van der Waals surface area contributed by atoms with Crippen LogP contribution in [0.5, 0.6) is 0 Å². The lowest BCUT2D eigenvalue weighted by atomic mass is 10.2. The molecule has 3 N–H and O–H groups in total. The fraction of sp³-hybridized carbons (Fsp3) is 0.545. The number of sulfonamides is 1. The Bertz CT molecular complexity index is 681. The maximum atomic E-state index is 12.6. The molecule has 21 heavy (non-hydrogen) atoms. The van der Waals surface area contributed by atoms with Crippen molar-refractivity contribution in [3.63, 3.8) is 0 Å². The number of nitrogens with zero attached hydrogens (tertiary/aromatic N) is 2. The SMILES string of the molecule is CCC1C(=O)NCCN1S(=O)(=O)c1n[nH]c(C)c1C(=O)O.